The Kier molecular flexibility index (Phi) is 7.02. The van der Waals surface area contributed by atoms with E-state index in [1.165, 1.54) is 27.8 Å². The van der Waals surface area contributed by atoms with Crippen molar-refractivity contribution in [2.45, 2.75) is 69.9 Å². The first kappa shape index (κ1) is 23.0. The third-order valence-electron chi connectivity index (χ3n) is 6.04. The molecule has 0 saturated heterocycles. The zero-order valence-corrected chi connectivity index (χ0v) is 20.4. The summed E-state index contributed by atoms with van der Waals surface area (Å²) in [6.45, 7) is 6.90. The van der Waals surface area contributed by atoms with Gasteiger partial charge in [-0.2, -0.15) is 0 Å². The van der Waals surface area contributed by atoms with Crippen LogP contribution in [0.4, 0.5) is 5.82 Å². The lowest BCUT2D eigenvalue weighted by molar-refractivity contribution is -0.119. The Morgan fingerprint density at radius 2 is 2.12 bits per heavy atom. The molecule has 0 unspecified atom stereocenters. The summed E-state index contributed by atoms with van der Waals surface area (Å²) >= 11 is 2.94. The largest absolute Gasteiger partial charge is 0.383 e. The topological polar surface area (TPSA) is 90.1 Å². The number of nitrogens with two attached hydrogens (primary N) is 1. The highest BCUT2D eigenvalue weighted by Gasteiger charge is 2.33. The van der Waals surface area contributed by atoms with Crippen molar-refractivity contribution in [1.29, 1.82) is 0 Å². The number of nitrogens with zero attached hydrogens (tertiary/aromatic N) is 2. The van der Waals surface area contributed by atoms with E-state index in [4.69, 9.17) is 15.5 Å². The smallest absolute Gasteiger partial charge is 0.230 e. The second kappa shape index (κ2) is 9.77. The van der Waals surface area contributed by atoms with Crippen LogP contribution in [0.25, 0.3) is 10.2 Å². The average molecular weight is 471 g/mol. The molecule has 3 aromatic rings. The van der Waals surface area contributed by atoms with Gasteiger partial charge in [-0.05, 0) is 44.2 Å². The summed E-state index contributed by atoms with van der Waals surface area (Å²) in [5.74, 6) is 0.741. The highest BCUT2D eigenvalue weighted by atomic mass is 32.2. The van der Waals surface area contributed by atoms with Crippen molar-refractivity contribution in [1.82, 2.24) is 15.3 Å². The van der Waals surface area contributed by atoms with Crippen LogP contribution in [-0.4, -0.2) is 33.3 Å². The molecular formula is C24H30N4O2S2. The van der Waals surface area contributed by atoms with Crippen molar-refractivity contribution >= 4 is 45.0 Å². The van der Waals surface area contributed by atoms with Crippen molar-refractivity contribution in [2.24, 2.45) is 0 Å². The number of carbonyl (C=O) groups excluding carboxylic acids is 1. The first-order valence-corrected chi connectivity index (χ1v) is 12.8. The monoisotopic (exact) mass is 470 g/mol. The van der Waals surface area contributed by atoms with Gasteiger partial charge in [0.05, 0.1) is 23.3 Å². The summed E-state index contributed by atoms with van der Waals surface area (Å²) in [4.78, 5) is 23.7. The van der Waals surface area contributed by atoms with Gasteiger partial charge in [-0.15, -0.1) is 11.3 Å². The number of aryl methyl sites for hydroxylation is 1. The number of hydrogen-bond donors (Lipinski definition) is 2. The molecule has 0 fully saturated rings. The van der Waals surface area contributed by atoms with Gasteiger partial charge in [-0.1, -0.05) is 49.0 Å². The van der Waals surface area contributed by atoms with E-state index >= 15 is 0 Å². The molecule has 6 nitrogen and oxygen atoms in total. The number of thioether (sulfide) groups is 1. The van der Waals surface area contributed by atoms with Crippen LogP contribution in [0.2, 0.25) is 0 Å². The number of benzene rings is 1. The second-order valence-electron chi connectivity index (χ2n) is 8.63. The van der Waals surface area contributed by atoms with Crippen molar-refractivity contribution in [3.63, 3.8) is 0 Å². The molecule has 1 amide bonds. The van der Waals surface area contributed by atoms with E-state index < -0.39 is 0 Å². The van der Waals surface area contributed by atoms with Crippen LogP contribution in [-0.2, 0) is 29.0 Å². The molecule has 2 aromatic heterocycles. The molecule has 170 valence electrons. The molecular weight excluding hydrogens is 440 g/mol. The number of nitrogen functional groups attached to an aromatic ring is 1. The second-order valence-corrected chi connectivity index (χ2v) is 10.7. The third-order valence-corrected chi connectivity index (χ3v) is 7.99. The molecule has 3 heterocycles. The van der Waals surface area contributed by atoms with Gasteiger partial charge >= 0.3 is 0 Å². The number of ether oxygens (including phenoxy) is 1. The van der Waals surface area contributed by atoms with Crippen molar-refractivity contribution in [2.75, 3.05) is 11.5 Å². The molecule has 0 saturated carbocycles. The lowest BCUT2D eigenvalue weighted by atomic mass is 9.90. The SMILES string of the molecule is CC[C@@]1(C)Cc2c(sc3nc(SCC(=O)N[C@@H](C)CCc4ccccc4)nc(N)c23)CO1. The van der Waals surface area contributed by atoms with Gasteiger partial charge in [0.2, 0.25) is 5.91 Å². The first-order valence-electron chi connectivity index (χ1n) is 11.0. The molecule has 2 atom stereocenters. The number of anilines is 1. The van der Waals surface area contributed by atoms with Gasteiger partial charge in [0.1, 0.15) is 10.6 Å². The zero-order chi connectivity index (χ0) is 22.7. The average Bonchev–Trinajstić information content (AvgIpc) is 3.14. The van der Waals surface area contributed by atoms with Crippen LogP contribution >= 0.6 is 23.1 Å². The molecule has 0 bridgehead atoms. The van der Waals surface area contributed by atoms with Crippen LogP contribution in [0.3, 0.4) is 0 Å². The molecule has 0 aliphatic carbocycles. The van der Waals surface area contributed by atoms with E-state index in [0.29, 0.717) is 17.6 Å². The molecule has 1 aromatic carbocycles. The van der Waals surface area contributed by atoms with Gasteiger partial charge in [0, 0.05) is 17.3 Å². The standard InChI is InChI=1S/C24H30N4O2S2/c1-4-24(3)12-17-18(13-30-24)32-22-20(17)21(25)27-23(28-22)31-14-19(29)26-15(2)10-11-16-8-6-5-7-9-16/h5-9,15H,4,10-14H2,1-3H3,(H,26,29)(H2,25,27,28)/t15-,24-/m0/s1. The molecule has 0 spiro atoms. The van der Waals surface area contributed by atoms with Gasteiger partial charge in [0.15, 0.2) is 5.16 Å². The Morgan fingerprint density at radius 1 is 1.34 bits per heavy atom. The summed E-state index contributed by atoms with van der Waals surface area (Å²) in [7, 11) is 0. The van der Waals surface area contributed by atoms with Gasteiger partial charge in [-0.3, -0.25) is 4.79 Å². The van der Waals surface area contributed by atoms with Gasteiger partial charge < -0.3 is 15.8 Å². The van der Waals surface area contributed by atoms with Crippen LogP contribution in [0.1, 0.15) is 49.6 Å². The zero-order valence-electron chi connectivity index (χ0n) is 18.8. The quantitative estimate of drug-likeness (QED) is 0.365. The Bertz CT molecular complexity index is 1100. The number of hydrogen-bond acceptors (Lipinski definition) is 7. The minimum absolute atomic E-state index is 0.0181. The highest BCUT2D eigenvalue weighted by Crippen LogP contribution is 2.41. The Labute approximate surface area is 197 Å². The van der Waals surface area contributed by atoms with E-state index in [2.05, 4.69) is 36.3 Å². The summed E-state index contributed by atoms with van der Waals surface area (Å²) in [6, 6.07) is 10.4. The fraction of sp³-hybridized carbons (Fsp3) is 0.458. The Morgan fingerprint density at radius 3 is 2.88 bits per heavy atom. The van der Waals surface area contributed by atoms with Gasteiger partial charge in [0.25, 0.3) is 0 Å². The molecule has 4 rings (SSSR count). The predicted octanol–water partition coefficient (Wildman–Crippen LogP) is 4.74. The molecule has 8 heteroatoms. The predicted molar refractivity (Wildman–Crippen MR) is 132 cm³/mol. The van der Waals surface area contributed by atoms with Crippen molar-refractivity contribution in [3.8, 4) is 0 Å². The molecule has 3 N–H and O–H groups in total. The Hall–Kier alpha value is -2.16. The number of fused-ring (bicyclic) bond motifs is 3. The first-order chi connectivity index (χ1) is 15.4. The van der Waals surface area contributed by atoms with E-state index in [-0.39, 0.29) is 23.3 Å². The molecule has 0 radical (unpaired) electrons. The minimum Gasteiger partial charge on any atom is -0.383 e. The summed E-state index contributed by atoms with van der Waals surface area (Å²) < 4.78 is 6.07. The maximum absolute atomic E-state index is 12.4. The van der Waals surface area contributed by atoms with E-state index in [0.717, 1.165) is 35.9 Å². The third kappa shape index (κ3) is 5.24. The number of amides is 1. The van der Waals surface area contributed by atoms with Crippen LogP contribution in [0, 0.1) is 0 Å². The van der Waals surface area contributed by atoms with Crippen LogP contribution in [0.15, 0.2) is 35.5 Å². The number of aromatic nitrogens is 2. The number of carbonyl (C=O) groups is 1. The van der Waals surface area contributed by atoms with Crippen LogP contribution in [0.5, 0.6) is 0 Å². The van der Waals surface area contributed by atoms with Crippen LogP contribution < -0.4 is 11.1 Å². The van der Waals surface area contributed by atoms with E-state index in [9.17, 15) is 4.79 Å². The summed E-state index contributed by atoms with van der Waals surface area (Å²) in [5.41, 5.74) is 8.67. The molecule has 1 aliphatic rings. The van der Waals surface area contributed by atoms with Crippen molar-refractivity contribution in [3.05, 3.63) is 46.3 Å². The maximum atomic E-state index is 12.4. The maximum Gasteiger partial charge on any atom is 0.230 e. The minimum atomic E-state index is -0.170. The lowest BCUT2D eigenvalue weighted by Gasteiger charge is -2.33. The van der Waals surface area contributed by atoms with E-state index in [1.807, 2.05) is 25.1 Å². The number of nitrogens with one attached hydrogen (secondary N) is 1. The number of rotatable bonds is 8. The van der Waals surface area contributed by atoms with Crippen molar-refractivity contribution < 1.29 is 9.53 Å². The fourth-order valence-electron chi connectivity index (χ4n) is 3.92. The van der Waals surface area contributed by atoms with E-state index in [1.54, 1.807) is 11.3 Å². The van der Waals surface area contributed by atoms with Gasteiger partial charge in [-0.25, -0.2) is 9.97 Å². The Balaban J connectivity index is 1.36. The normalized spacial score (nSPS) is 19.0. The summed E-state index contributed by atoms with van der Waals surface area (Å²) in [6.07, 6.45) is 3.60. The lowest BCUT2D eigenvalue weighted by Crippen LogP contribution is -2.34. The molecule has 1 aliphatic heterocycles. The molecule has 32 heavy (non-hydrogen) atoms. The highest BCUT2D eigenvalue weighted by molar-refractivity contribution is 7.99. The number of thiophene rings is 1. The summed E-state index contributed by atoms with van der Waals surface area (Å²) in [5, 5.41) is 4.56. The fourth-order valence-corrected chi connectivity index (χ4v) is 5.75.